The third-order valence-electron chi connectivity index (χ3n) is 4.90. The molecule has 1 aromatic carbocycles. The number of nitrogens with two attached hydrogens (primary N) is 1. The second kappa shape index (κ2) is 7.45. The Morgan fingerprint density at radius 3 is 3.03 bits per heavy atom. The summed E-state index contributed by atoms with van der Waals surface area (Å²) in [5.74, 6) is -1.35. The van der Waals surface area contributed by atoms with Crippen LogP contribution in [0.15, 0.2) is 28.8 Å². The lowest BCUT2D eigenvalue weighted by atomic mass is 10.00. The molecule has 2 atom stereocenters. The van der Waals surface area contributed by atoms with Gasteiger partial charge in [-0.25, -0.2) is 19.2 Å². The maximum atomic E-state index is 14.8. The van der Waals surface area contributed by atoms with Crippen molar-refractivity contribution in [3.63, 3.8) is 0 Å². The number of aliphatic hydroxyl groups is 1. The lowest BCUT2D eigenvalue weighted by molar-refractivity contribution is 0.0595. The van der Waals surface area contributed by atoms with Gasteiger partial charge in [-0.2, -0.15) is 0 Å². The number of fused-ring (bicyclic) bond motifs is 1. The van der Waals surface area contributed by atoms with Gasteiger partial charge in [-0.1, -0.05) is 17.4 Å². The molecule has 0 spiro atoms. The number of carbonyl (C=O) groups excluding carboxylic acids is 1. The van der Waals surface area contributed by atoms with Gasteiger partial charge in [-0.05, 0) is 19.1 Å². The number of aliphatic hydroxyl groups excluding tert-OH is 1. The number of methoxy groups -OCH3 is 1. The summed E-state index contributed by atoms with van der Waals surface area (Å²) >= 11 is 1.32. The minimum atomic E-state index is -0.774. The molecule has 29 heavy (non-hydrogen) atoms. The third kappa shape index (κ3) is 3.23. The molecule has 0 unspecified atom stereocenters. The molecule has 0 fully saturated rings. The summed E-state index contributed by atoms with van der Waals surface area (Å²) < 4.78 is 25.3. The summed E-state index contributed by atoms with van der Waals surface area (Å²) in [4.78, 5) is 23.1. The first-order chi connectivity index (χ1) is 13.9. The van der Waals surface area contributed by atoms with Crippen LogP contribution in [0, 0.1) is 5.82 Å². The van der Waals surface area contributed by atoms with Crippen molar-refractivity contribution in [1.82, 2.24) is 9.97 Å². The fourth-order valence-corrected chi connectivity index (χ4v) is 4.54. The molecule has 0 bridgehead atoms. The molecular weight excluding hydrogens is 399 g/mol. The largest absolute Gasteiger partial charge is 0.465 e. The van der Waals surface area contributed by atoms with Crippen LogP contribution in [0.2, 0.25) is 0 Å². The van der Waals surface area contributed by atoms with Gasteiger partial charge in [0.2, 0.25) is 0 Å². The van der Waals surface area contributed by atoms with Crippen molar-refractivity contribution in [2.45, 2.75) is 25.4 Å². The molecular formula is C19H19FN4O4S. The number of hydrogen-bond donors (Lipinski definition) is 2. The number of thiazole rings is 1. The number of carbonyl (C=O) groups is 1. The summed E-state index contributed by atoms with van der Waals surface area (Å²) in [6, 6.07) is 4.13. The van der Waals surface area contributed by atoms with Gasteiger partial charge in [-0.15, -0.1) is 0 Å². The SMILES string of the molecule is COC(=O)c1cccc(-c2cnc(N3[C@H](C)Cc4nc(N)sc4[C@@H]3CO)o2)c1F. The minimum Gasteiger partial charge on any atom is -0.465 e. The van der Waals surface area contributed by atoms with Crippen molar-refractivity contribution in [2.75, 3.05) is 24.4 Å². The van der Waals surface area contributed by atoms with Crippen molar-refractivity contribution in [3.8, 4) is 11.3 Å². The molecule has 0 radical (unpaired) electrons. The minimum absolute atomic E-state index is 0.0705. The first kappa shape index (κ1) is 19.3. The summed E-state index contributed by atoms with van der Waals surface area (Å²) in [5, 5.41) is 10.4. The highest BCUT2D eigenvalue weighted by molar-refractivity contribution is 7.15. The van der Waals surface area contributed by atoms with Crippen LogP contribution < -0.4 is 10.6 Å². The average molecular weight is 418 g/mol. The van der Waals surface area contributed by atoms with E-state index in [1.165, 1.54) is 36.8 Å². The number of halogens is 1. The van der Waals surface area contributed by atoms with Crippen LogP contribution in [0.25, 0.3) is 11.3 Å². The topological polar surface area (TPSA) is 115 Å². The van der Waals surface area contributed by atoms with Gasteiger partial charge in [0, 0.05) is 12.5 Å². The molecule has 8 nitrogen and oxygen atoms in total. The Morgan fingerprint density at radius 1 is 1.52 bits per heavy atom. The number of rotatable bonds is 4. The van der Waals surface area contributed by atoms with Crippen molar-refractivity contribution in [3.05, 3.63) is 46.3 Å². The molecule has 0 saturated carbocycles. The van der Waals surface area contributed by atoms with Crippen LogP contribution in [0.1, 0.15) is 33.9 Å². The quantitative estimate of drug-likeness (QED) is 0.622. The monoisotopic (exact) mass is 418 g/mol. The van der Waals surface area contributed by atoms with E-state index < -0.39 is 17.8 Å². The Labute approximate surface area is 169 Å². The molecule has 1 aliphatic heterocycles. The number of hydrogen-bond acceptors (Lipinski definition) is 9. The van der Waals surface area contributed by atoms with Crippen molar-refractivity contribution >= 4 is 28.5 Å². The average Bonchev–Trinajstić information content (AvgIpc) is 3.32. The van der Waals surface area contributed by atoms with Crippen molar-refractivity contribution in [1.29, 1.82) is 0 Å². The normalized spacial score (nSPS) is 18.6. The zero-order valence-electron chi connectivity index (χ0n) is 15.8. The number of ether oxygens (including phenoxy) is 1. The van der Waals surface area contributed by atoms with Gasteiger partial charge >= 0.3 is 5.97 Å². The van der Waals surface area contributed by atoms with Crippen LogP contribution in [-0.2, 0) is 11.2 Å². The number of nitrogens with zero attached hydrogens (tertiary/aromatic N) is 3. The van der Waals surface area contributed by atoms with Crippen LogP contribution in [0.4, 0.5) is 15.5 Å². The van der Waals surface area contributed by atoms with Gasteiger partial charge in [0.25, 0.3) is 6.01 Å². The third-order valence-corrected chi connectivity index (χ3v) is 5.93. The zero-order chi connectivity index (χ0) is 20.7. The molecule has 152 valence electrons. The van der Waals surface area contributed by atoms with Crippen LogP contribution in [0.5, 0.6) is 0 Å². The maximum absolute atomic E-state index is 14.8. The molecule has 1 aliphatic rings. The van der Waals surface area contributed by atoms with Gasteiger partial charge in [0.1, 0.15) is 5.82 Å². The van der Waals surface area contributed by atoms with E-state index in [4.69, 9.17) is 10.2 Å². The number of oxazole rings is 1. The van der Waals surface area contributed by atoms with Gasteiger partial charge in [0.15, 0.2) is 10.9 Å². The van der Waals surface area contributed by atoms with Crippen molar-refractivity contribution < 1.29 is 23.4 Å². The number of esters is 1. The van der Waals surface area contributed by atoms with Gasteiger partial charge in [-0.3, -0.25) is 0 Å². The van der Waals surface area contributed by atoms with E-state index in [1.807, 2.05) is 11.8 Å². The highest BCUT2D eigenvalue weighted by atomic mass is 32.1. The van der Waals surface area contributed by atoms with Crippen molar-refractivity contribution in [2.24, 2.45) is 0 Å². The van der Waals surface area contributed by atoms with Crippen LogP contribution >= 0.6 is 11.3 Å². The van der Waals surface area contributed by atoms with E-state index in [2.05, 4.69) is 14.7 Å². The lowest BCUT2D eigenvalue weighted by Gasteiger charge is -2.37. The second-order valence-electron chi connectivity index (χ2n) is 6.69. The van der Waals surface area contributed by atoms with E-state index in [1.54, 1.807) is 6.07 Å². The Morgan fingerprint density at radius 2 is 2.31 bits per heavy atom. The Balaban J connectivity index is 1.72. The smallest absolute Gasteiger partial charge is 0.340 e. The highest BCUT2D eigenvalue weighted by Gasteiger charge is 2.37. The Hall–Kier alpha value is -2.98. The van der Waals surface area contributed by atoms with E-state index in [9.17, 15) is 14.3 Å². The summed E-state index contributed by atoms with van der Waals surface area (Å²) in [6.45, 7) is 1.78. The maximum Gasteiger partial charge on any atom is 0.340 e. The molecule has 3 heterocycles. The molecule has 10 heteroatoms. The number of anilines is 2. The first-order valence-electron chi connectivity index (χ1n) is 8.91. The van der Waals surface area contributed by atoms with Crippen LogP contribution in [0.3, 0.4) is 0 Å². The van der Waals surface area contributed by atoms with E-state index in [-0.39, 0.29) is 35.6 Å². The Kier molecular flexibility index (Phi) is 4.97. The summed E-state index contributed by atoms with van der Waals surface area (Å²) in [6.07, 6.45) is 2.01. The molecule has 3 aromatic rings. The predicted octanol–water partition coefficient (Wildman–Crippen LogP) is 2.79. The highest BCUT2D eigenvalue weighted by Crippen LogP contribution is 2.41. The molecule has 3 N–H and O–H groups in total. The molecule has 2 aromatic heterocycles. The lowest BCUT2D eigenvalue weighted by Crippen LogP contribution is -2.43. The van der Waals surface area contributed by atoms with Gasteiger partial charge in [0.05, 0.1) is 47.7 Å². The standard InChI is InChI=1S/C19H19FN4O4S/c1-9-6-12-16(29-18(21)23-12)13(8-25)24(9)19-22-7-14(28-19)10-4-3-5-11(15(10)20)17(26)27-2/h3-5,7,9,13,25H,6,8H2,1-2H3,(H2,21,23)/t9-,13+/m1/s1. The van der Waals surface area contributed by atoms with E-state index >= 15 is 0 Å². The fraction of sp³-hybridized carbons (Fsp3) is 0.316. The van der Waals surface area contributed by atoms with E-state index in [0.29, 0.717) is 11.6 Å². The molecule has 4 rings (SSSR count). The molecule has 0 saturated heterocycles. The number of benzene rings is 1. The number of nitrogen functional groups attached to an aromatic ring is 1. The number of aromatic nitrogens is 2. The molecule has 0 amide bonds. The molecule has 0 aliphatic carbocycles. The first-order valence-corrected chi connectivity index (χ1v) is 9.73. The van der Waals surface area contributed by atoms with Gasteiger partial charge < -0.3 is 24.9 Å². The predicted molar refractivity (Wildman–Crippen MR) is 105 cm³/mol. The van der Waals surface area contributed by atoms with E-state index in [0.717, 1.165) is 10.6 Å². The van der Waals surface area contributed by atoms with Crippen LogP contribution in [-0.4, -0.2) is 40.8 Å². The second-order valence-corrected chi connectivity index (χ2v) is 7.75. The zero-order valence-corrected chi connectivity index (χ0v) is 16.6. The Bertz CT molecular complexity index is 1070. The fourth-order valence-electron chi connectivity index (χ4n) is 3.59. The summed E-state index contributed by atoms with van der Waals surface area (Å²) in [7, 11) is 1.19. The summed E-state index contributed by atoms with van der Waals surface area (Å²) in [5.41, 5.74) is 6.61.